The number of hydrogen-bond donors (Lipinski definition) is 0. The summed E-state index contributed by atoms with van der Waals surface area (Å²) in [7, 11) is 0. The second-order valence-corrected chi connectivity index (χ2v) is 11.4. The molecule has 0 heterocycles. The zero-order valence-electron chi connectivity index (χ0n) is 23.2. The number of rotatable bonds is 21. The second-order valence-electron chi connectivity index (χ2n) is 11.0. The van der Waals surface area contributed by atoms with Crippen molar-refractivity contribution in [2.24, 2.45) is 0 Å². The van der Waals surface area contributed by atoms with Crippen LogP contribution >= 0.6 is 11.6 Å². The van der Waals surface area contributed by atoms with Crippen molar-refractivity contribution in [3.63, 3.8) is 0 Å². The molecule has 36 heavy (non-hydrogen) atoms. The Morgan fingerprint density at radius 3 is 1.39 bits per heavy atom. The number of esters is 2. The fourth-order valence-corrected chi connectivity index (χ4v) is 4.50. The molecular formula is C31H51ClO4. The van der Waals surface area contributed by atoms with Crippen LogP contribution in [0.4, 0.5) is 0 Å². The maximum Gasteiger partial charge on any atom is 0.307 e. The SMILES string of the molecule is CC(C)(C)OC(=O)CCCCCCCCCCCCCCCCCCC(=O)OC(Cl)c1ccccc1. The Hall–Kier alpha value is -1.55. The monoisotopic (exact) mass is 522 g/mol. The van der Waals surface area contributed by atoms with Gasteiger partial charge in [-0.15, -0.1) is 0 Å². The lowest BCUT2D eigenvalue weighted by molar-refractivity contribution is -0.155. The van der Waals surface area contributed by atoms with Crippen molar-refractivity contribution < 1.29 is 19.1 Å². The molecule has 0 amide bonds. The number of carbonyl (C=O) groups excluding carboxylic acids is 2. The minimum absolute atomic E-state index is 0.0652. The normalized spacial score (nSPS) is 12.3. The van der Waals surface area contributed by atoms with Crippen LogP contribution in [-0.2, 0) is 19.1 Å². The molecule has 0 N–H and O–H groups in total. The standard InChI is InChI=1S/C31H51ClO4/c1-31(2,3)36-29(34)26-22-17-15-13-11-9-7-5-4-6-8-10-12-14-16-21-25-28(33)35-30(32)27-23-19-18-20-24-27/h18-20,23-24,30H,4-17,21-22,25-26H2,1-3H3. The molecule has 5 heteroatoms. The van der Waals surface area contributed by atoms with E-state index in [1.807, 2.05) is 51.1 Å². The van der Waals surface area contributed by atoms with Gasteiger partial charge in [0.15, 0.2) is 0 Å². The van der Waals surface area contributed by atoms with Gasteiger partial charge in [0.25, 0.3) is 0 Å². The Labute approximate surface area is 225 Å². The predicted octanol–water partition coefficient (Wildman–Crippen LogP) is 9.83. The van der Waals surface area contributed by atoms with Gasteiger partial charge < -0.3 is 9.47 Å². The van der Waals surface area contributed by atoms with E-state index in [0.717, 1.165) is 31.2 Å². The second kappa shape index (κ2) is 20.5. The molecule has 0 aliphatic heterocycles. The highest BCUT2D eigenvalue weighted by Crippen LogP contribution is 2.22. The largest absolute Gasteiger partial charge is 0.460 e. The maximum atomic E-state index is 11.9. The molecule has 0 aromatic heterocycles. The Morgan fingerprint density at radius 1 is 0.639 bits per heavy atom. The van der Waals surface area contributed by atoms with Crippen LogP contribution in [0.15, 0.2) is 30.3 Å². The van der Waals surface area contributed by atoms with E-state index in [4.69, 9.17) is 21.1 Å². The van der Waals surface area contributed by atoms with Crippen LogP contribution in [0.2, 0.25) is 0 Å². The van der Waals surface area contributed by atoms with Crippen molar-refractivity contribution in [3.05, 3.63) is 35.9 Å². The number of alkyl halides is 1. The molecule has 0 saturated carbocycles. The number of hydrogen-bond acceptors (Lipinski definition) is 4. The van der Waals surface area contributed by atoms with E-state index in [0.29, 0.717) is 12.8 Å². The fourth-order valence-electron chi connectivity index (χ4n) is 4.25. The van der Waals surface area contributed by atoms with Crippen LogP contribution in [0.3, 0.4) is 0 Å². The van der Waals surface area contributed by atoms with Gasteiger partial charge in [-0.2, -0.15) is 0 Å². The highest BCUT2D eigenvalue weighted by Gasteiger charge is 2.15. The van der Waals surface area contributed by atoms with Gasteiger partial charge in [0, 0.05) is 18.4 Å². The van der Waals surface area contributed by atoms with Crippen molar-refractivity contribution in [3.8, 4) is 0 Å². The average Bonchev–Trinajstić information content (AvgIpc) is 2.82. The number of ether oxygens (including phenoxy) is 2. The third kappa shape index (κ3) is 19.6. The highest BCUT2D eigenvalue weighted by molar-refractivity contribution is 6.20. The van der Waals surface area contributed by atoms with Gasteiger partial charge in [-0.1, -0.05) is 132 Å². The van der Waals surface area contributed by atoms with E-state index >= 15 is 0 Å². The van der Waals surface area contributed by atoms with Gasteiger partial charge >= 0.3 is 11.9 Å². The lowest BCUT2D eigenvalue weighted by atomic mass is 10.0. The Kier molecular flexibility index (Phi) is 18.5. The molecule has 1 unspecified atom stereocenters. The first-order valence-corrected chi connectivity index (χ1v) is 14.8. The Bertz CT molecular complexity index is 684. The molecule has 206 valence electrons. The molecule has 1 aromatic rings. The Morgan fingerprint density at radius 2 is 1.00 bits per heavy atom. The summed E-state index contributed by atoms with van der Waals surface area (Å²) in [5.74, 6) is -0.276. The topological polar surface area (TPSA) is 52.6 Å². The van der Waals surface area contributed by atoms with Gasteiger partial charge in [-0.25, -0.2) is 0 Å². The predicted molar refractivity (Wildman–Crippen MR) is 150 cm³/mol. The number of benzene rings is 1. The van der Waals surface area contributed by atoms with Crippen molar-refractivity contribution >= 4 is 23.5 Å². The third-order valence-corrected chi connectivity index (χ3v) is 6.57. The van der Waals surface area contributed by atoms with Crippen LogP contribution < -0.4 is 0 Å². The molecule has 0 fully saturated rings. The molecule has 4 nitrogen and oxygen atoms in total. The summed E-state index contributed by atoms with van der Waals surface area (Å²) < 4.78 is 10.6. The van der Waals surface area contributed by atoms with Crippen LogP contribution in [0, 0.1) is 0 Å². The van der Waals surface area contributed by atoms with Crippen molar-refractivity contribution in [1.29, 1.82) is 0 Å². The maximum absolute atomic E-state index is 11.9. The first-order chi connectivity index (χ1) is 17.3. The number of halogens is 1. The van der Waals surface area contributed by atoms with E-state index in [1.165, 1.54) is 77.0 Å². The molecule has 0 aliphatic rings. The number of carbonyl (C=O) groups is 2. The van der Waals surface area contributed by atoms with E-state index in [-0.39, 0.29) is 17.5 Å². The first kappa shape index (κ1) is 32.5. The molecule has 0 saturated heterocycles. The smallest absolute Gasteiger partial charge is 0.307 e. The van der Waals surface area contributed by atoms with E-state index in [2.05, 4.69) is 0 Å². The molecule has 1 rings (SSSR count). The third-order valence-electron chi connectivity index (χ3n) is 6.23. The summed E-state index contributed by atoms with van der Waals surface area (Å²) in [6.07, 6.45) is 20.7. The summed E-state index contributed by atoms with van der Waals surface area (Å²) in [5.41, 5.74) is -0.244. The summed E-state index contributed by atoms with van der Waals surface area (Å²) >= 11 is 6.15. The molecule has 1 aromatic carbocycles. The first-order valence-electron chi connectivity index (χ1n) is 14.4. The minimum Gasteiger partial charge on any atom is -0.460 e. The zero-order valence-corrected chi connectivity index (χ0v) is 24.0. The molecule has 1 atom stereocenters. The van der Waals surface area contributed by atoms with E-state index in [1.54, 1.807) is 0 Å². The lowest BCUT2D eigenvalue weighted by Gasteiger charge is -2.19. The fraction of sp³-hybridized carbons (Fsp3) is 0.742. The van der Waals surface area contributed by atoms with Crippen LogP contribution in [-0.4, -0.2) is 17.5 Å². The van der Waals surface area contributed by atoms with Crippen molar-refractivity contribution in [2.45, 2.75) is 148 Å². The van der Waals surface area contributed by atoms with Gasteiger partial charge in [0.1, 0.15) is 5.60 Å². The lowest BCUT2D eigenvalue weighted by Crippen LogP contribution is -2.23. The van der Waals surface area contributed by atoms with Gasteiger partial charge in [0.2, 0.25) is 5.56 Å². The van der Waals surface area contributed by atoms with Gasteiger partial charge in [-0.05, 0) is 33.6 Å². The van der Waals surface area contributed by atoms with Crippen LogP contribution in [0.1, 0.15) is 147 Å². The van der Waals surface area contributed by atoms with E-state index < -0.39 is 5.56 Å². The van der Waals surface area contributed by atoms with Gasteiger partial charge in [-0.3, -0.25) is 9.59 Å². The molecular weight excluding hydrogens is 472 g/mol. The summed E-state index contributed by atoms with van der Waals surface area (Å²) in [5, 5.41) is 0. The summed E-state index contributed by atoms with van der Waals surface area (Å²) in [6.45, 7) is 5.75. The highest BCUT2D eigenvalue weighted by atomic mass is 35.5. The van der Waals surface area contributed by atoms with Gasteiger partial charge in [0.05, 0.1) is 0 Å². The van der Waals surface area contributed by atoms with Crippen LogP contribution in [0.5, 0.6) is 0 Å². The van der Waals surface area contributed by atoms with Crippen molar-refractivity contribution in [2.75, 3.05) is 0 Å². The van der Waals surface area contributed by atoms with Crippen LogP contribution in [0.25, 0.3) is 0 Å². The quantitative estimate of drug-likeness (QED) is 0.0915. The zero-order chi connectivity index (χ0) is 26.5. The summed E-state index contributed by atoms with van der Waals surface area (Å²) in [6, 6.07) is 9.43. The van der Waals surface area contributed by atoms with Crippen molar-refractivity contribution in [1.82, 2.24) is 0 Å². The Balaban J connectivity index is 1.78. The molecule has 0 aliphatic carbocycles. The van der Waals surface area contributed by atoms with E-state index in [9.17, 15) is 9.59 Å². The molecule has 0 spiro atoms. The molecule has 0 bridgehead atoms. The number of unbranched alkanes of at least 4 members (excludes halogenated alkanes) is 15. The average molecular weight is 523 g/mol. The molecule has 0 radical (unpaired) electrons. The minimum atomic E-state index is -0.694. The summed E-state index contributed by atoms with van der Waals surface area (Å²) in [4.78, 5) is 23.6.